The summed E-state index contributed by atoms with van der Waals surface area (Å²) in [5.41, 5.74) is 45.1. The predicted octanol–water partition coefficient (Wildman–Crippen LogP) is -0.599. The second-order valence-corrected chi connectivity index (χ2v) is 16.8. The maximum Gasteiger partial charge on any atom is 0.255 e. The lowest BCUT2D eigenvalue weighted by atomic mass is 10.1. The molecule has 0 fully saturated rings. The number of nitrogens with one attached hydrogen (secondary N) is 6. The zero-order valence-corrected chi connectivity index (χ0v) is 42.0. The molecule has 26 heteroatoms. The smallest absolute Gasteiger partial charge is 0.255 e. The summed E-state index contributed by atoms with van der Waals surface area (Å²) in [6.07, 6.45) is 3.53. The average molecular weight is 1030 g/mol. The molecule has 3 aromatic rings. The third kappa shape index (κ3) is 19.8. The highest BCUT2D eigenvalue weighted by molar-refractivity contribution is 6.07. The molecule has 4 atom stereocenters. The molecule has 0 heterocycles. The number of aliphatic imine (C=N–C) groups is 2. The van der Waals surface area contributed by atoms with E-state index < -0.39 is 65.5 Å². The minimum absolute atomic E-state index is 0.00419. The van der Waals surface area contributed by atoms with Gasteiger partial charge in [0.15, 0.2) is 11.9 Å². The lowest BCUT2D eigenvalue weighted by Crippen LogP contribution is -2.45. The molecule has 0 aliphatic heterocycles. The second kappa shape index (κ2) is 31.3. The molecule has 404 valence electrons. The molecule has 0 saturated heterocycles. The summed E-state index contributed by atoms with van der Waals surface area (Å²) in [4.78, 5) is 102. The highest BCUT2D eigenvalue weighted by Gasteiger charge is 2.28. The van der Waals surface area contributed by atoms with E-state index in [9.17, 15) is 33.6 Å². The van der Waals surface area contributed by atoms with Crippen molar-refractivity contribution in [2.75, 3.05) is 63.5 Å². The topological polar surface area (TPSA) is 452 Å². The van der Waals surface area contributed by atoms with Crippen LogP contribution >= 0.6 is 0 Å². The molecule has 0 aliphatic rings. The first kappa shape index (κ1) is 60.1. The van der Waals surface area contributed by atoms with Crippen molar-refractivity contribution in [2.45, 2.75) is 88.4 Å². The number of anilines is 3. The van der Waals surface area contributed by atoms with Crippen molar-refractivity contribution >= 4 is 70.3 Å². The number of methoxy groups -OCH3 is 3. The van der Waals surface area contributed by atoms with Crippen LogP contribution < -0.4 is 92.0 Å². The number of unbranched alkanes of at least 4 members (excludes halogenated alkanes) is 2. The summed E-state index contributed by atoms with van der Waals surface area (Å²) >= 11 is 0. The van der Waals surface area contributed by atoms with Crippen LogP contribution in [-0.4, -0.2) is 125 Å². The van der Waals surface area contributed by atoms with Crippen molar-refractivity contribution in [1.82, 2.24) is 16.0 Å². The van der Waals surface area contributed by atoms with E-state index in [0.717, 1.165) is 0 Å². The molecule has 0 radical (unpaired) electrons. The van der Waals surface area contributed by atoms with E-state index in [0.29, 0.717) is 45.2 Å². The van der Waals surface area contributed by atoms with E-state index in [-0.39, 0.29) is 108 Å². The van der Waals surface area contributed by atoms with Crippen LogP contribution in [0.5, 0.6) is 17.2 Å². The maximum atomic E-state index is 14.1. The number of carbonyl (C=O) groups is 7. The molecule has 26 nitrogen and oxygen atoms in total. The molecule has 3 rings (SSSR count). The van der Waals surface area contributed by atoms with Crippen molar-refractivity contribution in [3.05, 3.63) is 71.3 Å². The number of nitrogens with two attached hydrogens (primary N) is 8. The first-order valence-electron chi connectivity index (χ1n) is 23.8. The van der Waals surface area contributed by atoms with Gasteiger partial charge in [0, 0.05) is 30.2 Å². The average Bonchev–Trinajstić information content (AvgIpc) is 3.37. The van der Waals surface area contributed by atoms with E-state index in [1.54, 1.807) is 0 Å². The summed E-state index contributed by atoms with van der Waals surface area (Å²) in [6.45, 7) is 1.12. The van der Waals surface area contributed by atoms with Crippen LogP contribution in [0.1, 0.15) is 95.3 Å². The third-order valence-electron chi connectivity index (χ3n) is 11.2. The van der Waals surface area contributed by atoms with Gasteiger partial charge in [-0.05, 0) is 132 Å². The predicted molar refractivity (Wildman–Crippen MR) is 281 cm³/mol. The molecule has 3 aromatic carbocycles. The van der Waals surface area contributed by atoms with Crippen LogP contribution in [-0.2, 0) is 19.2 Å². The summed E-state index contributed by atoms with van der Waals surface area (Å²) in [5.74, 6) is -4.65. The zero-order chi connectivity index (χ0) is 54.7. The SMILES string of the molecule is COc1ccc(NC(=O)[C@@H](CCCN=C(N)N)NC(=O)c2cc(NC(=O)[C@@H](CCCCN)NC(=O)c3cc(NC(=O)[C@H](N)CCCN=C(N)N)ccc3OC)ccc2OC)cc1C(=O)N[C@H](CCCCN)C(N)=O. The van der Waals surface area contributed by atoms with Gasteiger partial charge < -0.3 is 92.0 Å². The number of amides is 7. The van der Waals surface area contributed by atoms with Crippen LogP contribution in [0.4, 0.5) is 17.1 Å². The van der Waals surface area contributed by atoms with Crippen LogP contribution in [0.2, 0.25) is 0 Å². The van der Waals surface area contributed by atoms with Gasteiger partial charge in [-0.15, -0.1) is 0 Å². The number of hydrogen-bond acceptors (Lipinski definition) is 15. The highest BCUT2D eigenvalue weighted by Crippen LogP contribution is 2.27. The number of primary amides is 1. The minimum Gasteiger partial charge on any atom is -0.496 e. The number of hydrogen-bond donors (Lipinski definition) is 14. The van der Waals surface area contributed by atoms with Gasteiger partial charge in [-0.3, -0.25) is 43.5 Å². The van der Waals surface area contributed by atoms with Gasteiger partial charge in [0.25, 0.3) is 17.7 Å². The van der Waals surface area contributed by atoms with Gasteiger partial charge in [-0.1, -0.05) is 0 Å². The van der Waals surface area contributed by atoms with Crippen molar-refractivity contribution in [2.24, 2.45) is 55.9 Å². The van der Waals surface area contributed by atoms with Crippen molar-refractivity contribution < 1.29 is 47.8 Å². The molecule has 0 aromatic heterocycles. The van der Waals surface area contributed by atoms with Crippen LogP contribution in [0.3, 0.4) is 0 Å². The van der Waals surface area contributed by atoms with Gasteiger partial charge in [0.1, 0.15) is 35.4 Å². The van der Waals surface area contributed by atoms with Gasteiger partial charge >= 0.3 is 0 Å². The molecule has 0 saturated carbocycles. The van der Waals surface area contributed by atoms with Gasteiger partial charge in [0.2, 0.25) is 23.6 Å². The van der Waals surface area contributed by atoms with Crippen LogP contribution in [0.15, 0.2) is 64.6 Å². The van der Waals surface area contributed by atoms with Crippen molar-refractivity contribution in [3.8, 4) is 17.2 Å². The molecule has 22 N–H and O–H groups in total. The molecule has 7 amide bonds. The van der Waals surface area contributed by atoms with Crippen LogP contribution in [0.25, 0.3) is 0 Å². The molecule has 0 unspecified atom stereocenters. The highest BCUT2D eigenvalue weighted by atomic mass is 16.5. The van der Waals surface area contributed by atoms with Crippen LogP contribution in [0, 0.1) is 0 Å². The Morgan fingerprint density at radius 3 is 1.16 bits per heavy atom. The van der Waals surface area contributed by atoms with E-state index in [4.69, 9.17) is 60.1 Å². The lowest BCUT2D eigenvalue weighted by molar-refractivity contribution is -0.120. The Morgan fingerprint density at radius 2 is 0.811 bits per heavy atom. The first-order valence-corrected chi connectivity index (χ1v) is 23.8. The number of guanidine groups is 2. The quantitative estimate of drug-likeness (QED) is 0.0211. The first-order chi connectivity index (χ1) is 35.3. The Morgan fingerprint density at radius 1 is 0.473 bits per heavy atom. The summed E-state index contributed by atoms with van der Waals surface area (Å²) < 4.78 is 16.3. The Kier molecular flexibility index (Phi) is 25.4. The molecule has 0 spiro atoms. The fourth-order valence-corrected chi connectivity index (χ4v) is 7.25. The monoisotopic (exact) mass is 1030 g/mol. The van der Waals surface area contributed by atoms with E-state index >= 15 is 0 Å². The Bertz CT molecular complexity index is 2460. The Hall–Kier alpha value is -8.23. The van der Waals surface area contributed by atoms with Crippen molar-refractivity contribution in [3.63, 3.8) is 0 Å². The number of nitrogens with zero attached hydrogens (tertiary/aromatic N) is 2. The number of rotatable bonds is 32. The second-order valence-electron chi connectivity index (χ2n) is 16.8. The van der Waals surface area contributed by atoms with E-state index in [1.807, 2.05) is 0 Å². The van der Waals surface area contributed by atoms with Gasteiger partial charge in [0.05, 0.1) is 44.1 Å². The number of carbonyl (C=O) groups excluding carboxylic acids is 7. The largest absolute Gasteiger partial charge is 0.496 e. The fourth-order valence-electron chi connectivity index (χ4n) is 7.25. The van der Waals surface area contributed by atoms with Gasteiger partial charge in [-0.2, -0.15) is 0 Å². The lowest BCUT2D eigenvalue weighted by Gasteiger charge is -2.21. The maximum absolute atomic E-state index is 14.1. The Balaban J connectivity index is 1.87. The molecule has 0 aliphatic carbocycles. The molecular formula is C48H72N16O10. The zero-order valence-electron chi connectivity index (χ0n) is 42.0. The fraction of sp³-hybridized carbons (Fsp3) is 0.438. The number of ether oxygens (including phenoxy) is 3. The summed E-state index contributed by atoms with van der Waals surface area (Å²) in [5, 5.41) is 16.3. The van der Waals surface area contributed by atoms with E-state index in [2.05, 4.69) is 41.9 Å². The standard InChI is InChI=1S/C48H72N16O10/c1-72-37-18-15-28(25-30(37)41(66)62-34(40(52)65)11-4-6-20-49)61-46(71)36(13-9-23-58-48(55)56)64-43(68)32-26-29(16-19-39(32)74-3)60-45(70)35(12-5-7-21-50)63-42(67)31-24-27(14-17-38(31)73-2)59-44(69)33(51)10-8-22-57-47(53)54/h14-19,24-26,33-36H,4-13,20-23,49-51H2,1-3H3,(H2,52,65)(H,59,69)(H,60,70)(H,61,71)(H,62,66)(H,63,67)(H,64,68)(H4,53,54,57)(H4,55,56,58)/t33-,34-,35-,36-/m1/s1. The van der Waals surface area contributed by atoms with Gasteiger partial charge in [-0.25, -0.2) is 0 Å². The third-order valence-corrected chi connectivity index (χ3v) is 11.2. The summed E-state index contributed by atoms with van der Waals surface area (Å²) in [6, 6.07) is 8.65. The number of benzene rings is 3. The van der Waals surface area contributed by atoms with Crippen molar-refractivity contribution in [1.29, 1.82) is 0 Å². The normalized spacial score (nSPS) is 12.3. The van der Waals surface area contributed by atoms with E-state index in [1.165, 1.54) is 75.9 Å². The molecular weight excluding hydrogens is 961 g/mol. The molecule has 0 bridgehead atoms. The molecule has 74 heavy (non-hydrogen) atoms. The minimum atomic E-state index is -1.23. The summed E-state index contributed by atoms with van der Waals surface area (Å²) in [7, 11) is 4.03. The Labute approximate surface area is 429 Å².